The van der Waals surface area contributed by atoms with E-state index in [1.54, 1.807) is 39.2 Å². The van der Waals surface area contributed by atoms with E-state index in [2.05, 4.69) is 0 Å². The van der Waals surface area contributed by atoms with Crippen LogP contribution in [0.4, 0.5) is 18.9 Å². The molecule has 2 fully saturated rings. The van der Waals surface area contributed by atoms with Crippen molar-refractivity contribution in [2.45, 2.75) is 50.0 Å². The van der Waals surface area contributed by atoms with Crippen molar-refractivity contribution < 1.29 is 52.5 Å². The molecule has 1 aliphatic heterocycles. The number of ketones is 2. The predicted molar refractivity (Wildman–Crippen MR) is 157 cm³/mol. The maximum absolute atomic E-state index is 14.5. The van der Waals surface area contributed by atoms with Gasteiger partial charge in [-0.15, -0.1) is 0 Å². The molecular formula is C31H40F3N4O7+. The van der Waals surface area contributed by atoms with Gasteiger partial charge in [-0.25, -0.2) is 0 Å². The molecule has 4 atom stereocenters. The highest BCUT2D eigenvalue weighted by Crippen LogP contribution is 2.54. The number of Topliss-reactive ketones (excluding diaryl/α,β-unsaturated/α-hetero) is 2. The average molecular weight is 638 g/mol. The Morgan fingerprint density at radius 1 is 1.18 bits per heavy atom. The zero-order valence-corrected chi connectivity index (χ0v) is 25.9. The van der Waals surface area contributed by atoms with Crippen molar-refractivity contribution in [2.75, 3.05) is 53.3 Å². The van der Waals surface area contributed by atoms with Gasteiger partial charge in [0.05, 0.1) is 31.5 Å². The van der Waals surface area contributed by atoms with Crippen LogP contribution >= 0.6 is 0 Å². The van der Waals surface area contributed by atoms with E-state index in [9.17, 15) is 42.9 Å². The van der Waals surface area contributed by atoms with Crippen LogP contribution in [0, 0.1) is 17.8 Å². The number of quaternary nitrogens is 1. The maximum atomic E-state index is 14.5. The highest BCUT2D eigenvalue weighted by Gasteiger charge is 2.67. The molecule has 2 unspecified atom stereocenters. The normalized spacial score (nSPS) is 27.9. The Morgan fingerprint density at radius 3 is 2.31 bits per heavy atom. The molecule has 0 aromatic heterocycles. The smallest absolute Gasteiger partial charge is 0.391 e. The number of piperidine rings is 1. The molecule has 1 saturated heterocycles. The number of methoxy groups -OCH3 is 1. The summed E-state index contributed by atoms with van der Waals surface area (Å²) in [5.74, 6) is -7.37. The van der Waals surface area contributed by atoms with Crippen LogP contribution in [-0.2, 0) is 32.1 Å². The Bertz CT molecular complexity index is 1510. The van der Waals surface area contributed by atoms with Crippen molar-refractivity contribution in [1.29, 1.82) is 0 Å². The fraction of sp³-hybridized carbons (Fsp3) is 0.581. The number of phenols is 1. The number of hydrogen-bond acceptors (Lipinski definition) is 9. The number of likely N-dealkylation sites (N-methyl/N-ethyl adjacent to an activating group) is 1. The number of nitrogens with zero attached hydrogens (tertiary/aromatic N) is 2. The van der Waals surface area contributed by atoms with Crippen LogP contribution in [0.15, 0.2) is 23.0 Å². The summed E-state index contributed by atoms with van der Waals surface area (Å²) >= 11 is 0. The minimum absolute atomic E-state index is 0.0194. The number of rotatable bonds is 6. The summed E-state index contributed by atoms with van der Waals surface area (Å²) in [5, 5.41) is 34.7. The van der Waals surface area contributed by atoms with Gasteiger partial charge in [0.15, 0.2) is 11.6 Å². The summed E-state index contributed by atoms with van der Waals surface area (Å²) in [7, 11) is 8.10. The molecule has 45 heavy (non-hydrogen) atoms. The number of anilines is 1. The quantitative estimate of drug-likeness (QED) is 0.288. The topological polar surface area (TPSA) is 158 Å². The number of nitrogens with one attached hydrogen (secondary N) is 1. The number of phenolic OH excluding ortho intramolecular Hbond substituents is 1. The maximum Gasteiger partial charge on any atom is 0.391 e. The van der Waals surface area contributed by atoms with Crippen molar-refractivity contribution >= 4 is 28.9 Å². The summed E-state index contributed by atoms with van der Waals surface area (Å²) in [4.78, 5) is 44.5. The minimum Gasteiger partial charge on any atom is -0.508 e. The number of halogens is 3. The number of carbonyl (C=O) groups excluding carboxylic acids is 3. The number of ether oxygens (including phenoxy) is 1. The fourth-order valence-corrected chi connectivity index (χ4v) is 7.94. The zero-order valence-electron chi connectivity index (χ0n) is 25.9. The van der Waals surface area contributed by atoms with Crippen molar-refractivity contribution in [3.05, 3.63) is 39.7 Å². The van der Waals surface area contributed by atoms with Gasteiger partial charge in [0.1, 0.15) is 22.8 Å². The van der Waals surface area contributed by atoms with Crippen molar-refractivity contribution in [3.8, 4) is 5.75 Å². The van der Waals surface area contributed by atoms with Gasteiger partial charge in [0.2, 0.25) is 11.6 Å². The number of nitrogens with two attached hydrogens (primary N) is 1. The van der Waals surface area contributed by atoms with E-state index in [4.69, 9.17) is 10.5 Å². The molecule has 6 N–H and O–H groups in total. The first-order chi connectivity index (χ1) is 21.0. The summed E-state index contributed by atoms with van der Waals surface area (Å²) < 4.78 is 45.4. The molecule has 14 heteroatoms. The van der Waals surface area contributed by atoms with E-state index in [1.165, 1.54) is 7.11 Å². The fourth-order valence-electron chi connectivity index (χ4n) is 7.94. The first kappa shape index (κ1) is 32.8. The van der Waals surface area contributed by atoms with Gasteiger partial charge in [-0.05, 0) is 56.3 Å². The first-order valence-corrected chi connectivity index (χ1v) is 14.9. The van der Waals surface area contributed by atoms with Crippen LogP contribution in [0.5, 0.6) is 5.75 Å². The third-order valence-corrected chi connectivity index (χ3v) is 10.1. The third-order valence-electron chi connectivity index (χ3n) is 10.1. The Hall–Kier alpha value is -3.62. The second-order valence-corrected chi connectivity index (χ2v) is 13.0. The lowest BCUT2D eigenvalue weighted by molar-refractivity contribution is -0.880. The number of aliphatic hydroxyl groups is 2. The SMILES string of the molecule is CO[C@]12C(=O)C3=C(O)c4c(O)c(CN5CCC(C(F)(F)F)CC5)cc(N(C)C)c4CC3C[C@H]1C([NH+](C)C)C(=O)C(C(N)=O)=C2O. The van der Waals surface area contributed by atoms with Gasteiger partial charge in [0.25, 0.3) is 5.91 Å². The van der Waals surface area contributed by atoms with Crippen LogP contribution < -0.4 is 15.5 Å². The van der Waals surface area contributed by atoms with E-state index >= 15 is 0 Å². The molecule has 1 heterocycles. The second kappa shape index (κ2) is 11.3. The van der Waals surface area contributed by atoms with Crippen LogP contribution in [0.3, 0.4) is 0 Å². The Kier molecular flexibility index (Phi) is 8.24. The number of alkyl halides is 3. The van der Waals surface area contributed by atoms with Gasteiger partial charge in [-0.1, -0.05) is 0 Å². The Labute approximate surface area is 258 Å². The number of hydrogen-bond donors (Lipinski definition) is 5. The molecular weight excluding hydrogens is 597 g/mol. The Balaban J connectivity index is 1.63. The molecule has 246 valence electrons. The highest BCUT2D eigenvalue weighted by molar-refractivity contribution is 6.24. The molecule has 3 aliphatic carbocycles. The monoisotopic (exact) mass is 637 g/mol. The second-order valence-electron chi connectivity index (χ2n) is 13.0. The number of carbonyl (C=O) groups is 3. The van der Waals surface area contributed by atoms with E-state index in [0.717, 1.165) is 0 Å². The lowest BCUT2D eigenvalue weighted by atomic mass is 9.57. The molecule has 1 saturated carbocycles. The number of aromatic hydroxyl groups is 1. The lowest BCUT2D eigenvalue weighted by Crippen LogP contribution is -3.13. The Morgan fingerprint density at radius 2 is 1.80 bits per heavy atom. The largest absolute Gasteiger partial charge is 0.508 e. The van der Waals surface area contributed by atoms with Crippen LogP contribution in [0.25, 0.3) is 5.76 Å². The van der Waals surface area contributed by atoms with Crippen LogP contribution in [-0.4, -0.2) is 104 Å². The molecule has 0 radical (unpaired) electrons. The number of aliphatic hydroxyl groups excluding tert-OH is 2. The van der Waals surface area contributed by atoms with Gasteiger partial charge < -0.3 is 35.6 Å². The molecule has 0 bridgehead atoms. The van der Waals surface area contributed by atoms with Gasteiger partial charge in [-0.2, -0.15) is 13.2 Å². The van der Waals surface area contributed by atoms with E-state index in [0.29, 0.717) is 21.7 Å². The molecule has 11 nitrogen and oxygen atoms in total. The summed E-state index contributed by atoms with van der Waals surface area (Å²) in [6, 6.07) is 0.778. The summed E-state index contributed by atoms with van der Waals surface area (Å²) in [6.07, 6.45) is -4.07. The summed E-state index contributed by atoms with van der Waals surface area (Å²) in [5.41, 5.74) is 4.07. The molecule has 4 aliphatic rings. The number of amides is 1. The standard InChI is InChI=1S/C31H39F3N4O7/c1-36(2)19-12-15(13-38-8-6-16(7-9-38)31(32,33)34)24(39)21-17(19)10-14-11-18-23(37(3)4)26(41)22(29(35)44)28(43)30(18,45-5)27(42)20(14)25(21)40/h12,14,16,18,23,39-40,43H,6-11,13H2,1-5H3,(H2,35,44)/p+1/t14?,18-,23?,30-/m0/s1. The highest BCUT2D eigenvalue weighted by atomic mass is 19.4. The average Bonchev–Trinajstić information content (AvgIpc) is 2.93. The number of likely N-dealkylation sites (tertiary alicyclic amines) is 1. The number of primary amides is 1. The number of benzene rings is 1. The van der Waals surface area contributed by atoms with E-state index in [1.807, 2.05) is 4.90 Å². The first-order valence-electron chi connectivity index (χ1n) is 14.9. The summed E-state index contributed by atoms with van der Waals surface area (Å²) in [6.45, 7) is 0.464. The van der Waals surface area contributed by atoms with Gasteiger partial charge in [-0.3, -0.25) is 19.3 Å². The van der Waals surface area contributed by atoms with Gasteiger partial charge >= 0.3 is 6.18 Å². The van der Waals surface area contributed by atoms with Gasteiger partial charge in [0, 0.05) is 44.6 Å². The molecule has 1 aromatic carbocycles. The molecule has 5 rings (SSSR count). The number of fused-ring (bicyclic) bond motifs is 3. The van der Waals surface area contributed by atoms with E-state index < -0.39 is 70.1 Å². The lowest BCUT2D eigenvalue weighted by Gasteiger charge is -2.50. The predicted octanol–water partition coefficient (Wildman–Crippen LogP) is 1.04. The van der Waals surface area contributed by atoms with Crippen molar-refractivity contribution in [2.24, 2.45) is 23.5 Å². The van der Waals surface area contributed by atoms with Crippen molar-refractivity contribution in [3.63, 3.8) is 0 Å². The molecule has 0 spiro atoms. The zero-order chi connectivity index (χ0) is 33.3. The third kappa shape index (κ3) is 4.97. The van der Waals surface area contributed by atoms with Crippen LogP contribution in [0.1, 0.15) is 36.0 Å². The van der Waals surface area contributed by atoms with E-state index in [-0.39, 0.29) is 62.2 Å². The minimum atomic E-state index is -4.26. The van der Waals surface area contributed by atoms with Crippen LogP contribution in [0.2, 0.25) is 0 Å². The molecule has 1 aromatic rings. The van der Waals surface area contributed by atoms with Crippen molar-refractivity contribution in [1.82, 2.24) is 4.90 Å². The molecule has 1 amide bonds.